The van der Waals surface area contributed by atoms with E-state index in [1.807, 2.05) is 4.57 Å². The van der Waals surface area contributed by atoms with Crippen molar-refractivity contribution in [3.8, 4) is 28.4 Å². The molecule has 1 aliphatic heterocycles. The summed E-state index contributed by atoms with van der Waals surface area (Å²) in [4.78, 5) is 36.0. The Balaban J connectivity index is 1.33. The molecular formula is C32H26F2N4O5. The molecule has 0 bridgehead atoms. The van der Waals surface area contributed by atoms with E-state index in [0.717, 1.165) is 6.07 Å². The molecule has 43 heavy (non-hydrogen) atoms. The number of anilines is 1. The molecule has 5 aromatic rings. The first kappa shape index (κ1) is 28.0. The van der Waals surface area contributed by atoms with Crippen molar-refractivity contribution in [3.05, 3.63) is 105 Å². The van der Waals surface area contributed by atoms with Gasteiger partial charge in [0.25, 0.3) is 5.91 Å². The van der Waals surface area contributed by atoms with E-state index in [-0.39, 0.29) is 29.4 Å². The van der Waals surface area contributed by atoms with Crippen LogP contribution in [0.2, 0.25) is 0 Å². The first-order chi connectivity index (χ1) is 20.7. The lowest BCUT2D eigenvalue weighted by Gasteiger charge is -2.26. The van der Waals surface area contributed by atoms with Crippen molar-refractivity contribution in [2.75, 3.05) is 19.0 Å². The quantitative estimate of drug-likeness (QED) is 0.264. The molecule has 2 aromatic carbocycles. The second-order valence-electron chi connectivity index (χ2n) is 10.0. The van der Waals surface area contributed by atoms with Crippen LogP contribution in [0.15, 0.2) is 65.7 Å². The van der Waals surface area contributed by atoms with Gasteiger partial charge in [0.2, 0.25) is 5.43 Å². The molecule has 0 unspecified atom stereocenters. The second-order valence-corrected chi connectivity index (χ2v) is 10.0. The minimum Gasteiger partial charge on any atom is -0.495 e. The van der Waals surface area contributed by atoms with E-state index in [9.17, 15) is 14.0 Å². The summed E-state index contributed by atoms with van der Waals surface area (Å²) in [7, 11) is 1.52. The normalized spacial score (nSPS) is 12.6. The van der Waals surface area contributed by atoms with Crippen molar-refractivity contribution < 1.29 is 27.8 Å². The lowest BCUT2D eigenvalue weighted by Crippen LogP contribution is -2.33. The lowest BCUT2D eigenvalue weighted by molar-refractivity contribution is 0.0801. The van der Waals surface area contributed by atoms with Gasteiger partial charge in [0.15, 0.2) is 17.3 Å². The monoisotopic (exact) mass is 584 g/mol. The Morgan fingerprint density at radius 1 is 1.05 bits per heavy atom. The predicted molar refractivity (Wildman–Crippen MR) is 156 cm³/mol. The minimum atomic E-state index is -0.745. The highest BCUT2D eigenvalue weighted by molar-refractivity contribution is 6.06. The summed E-state index contributed by atoms with van der Waals surface area (Å²) in [6, 6.07) is 11.3. The molecule has 0 radical (unpaired) electrons. The maximum atomic E-state index is 15.2. The van der Waals surface area contributed by atoms with Crippen LogP contribution in [0.25, 0.3) is 22.2 Å². The molecular weight excluding hydrogens is 558 g/mol. The number of ether oxygens (including phenoxy) is 3. The van der Waals surface area contributed by atoms with Crippen molar-refractivity contribution in [2.24, 2.45) is 0 Å². The number of carbonyl (C=O) groups is 1. The lowest BCUT2D eigenvalue weighted by atomic mass is 9.95. The van der Waals surface area contributed by atoms with Crippen LogP contribution in [-0.2, 0) is 17.9 Å². The third-order valence-electron chi connectivity index (χ3n) is 7.38. The zero-order chi connectivity index (χ0) is 30.2. The molecule has 0 atom stereocenters. The maximum Gasteiger partial charge on any atom is 0.261 e. The Morgan fingerprint density at radius 2 is 1.88 bits per heavy atom. The van der Waals surface area contributed by atoms with Crippen LogP contribution in [0.5, 0.6) is 17.2 Å². The van der Waals surface area contributed by atoms with Gasteiger partial charge in [-0.25, -0.2) is 13.8 Å². The number of fused-ring (bicyclic) bond motifs is 2. The molecule has 11 heteroatoms. The van der Waals surface area contributed by atoms with Crippen LogP contribution in [0.4, 0.5) is 14.5 Å². The van der Waals surface area contributed by atoms with E-state index >= 15 is 4.39 Å². The van der Waals surface area contributed by atoms with Gasteiger partial charge < -0.3 is 24.1 Å². The third kappa shape index (κ3) is 5.19. The summed E-state index contributed by atoms with van der Waals surface area (Å²) in [6.07, 6.45) is 3.02. The van der Waals surface area contributed by atoms with Gasteiger partial charge in [-0.05, 0) is 49.2 Å². The summed E-state index contributed by atoms with van der Waals surface area (Å²) in [5.74, 6) is -1.18. The highest BCUT2D eigenvalue weighted by atomic mass is 19.1. The SMILES string of the molecule is COc1cnc2c(Oc3ccc(NC(=O)c4c5n(c(C)c(-c6ccc(F)cc6C)c4=O)CCOC5)cc3F)ccnc2c1. The Morgan fingerprint density at radius 3 is 2.65 bits per heavy atom. The van der Waals surface area contributed by atoms with Crippen LogP contribution in [0.3, 0.4) is 0 Å². The van der Waals surface area contributed by atoms with Crippen molar-refractivity contribution >= 4 is 22.6 Å². The number of rotatable bonds is 6. The molecule has 0 fully saturated rings. The number of amides is 1. The Hall–Kier alpha value is -5.16. The highest BCUT2D eigenvalue weighted by Crippen LogP contribution is 2.32. The topological polar surface area (TPSA) is 105 Å². The Bertz CT molecular complexity index is 1970. The summed E-state index contributed by atoms with van der Waals surface area (Å²) < 4.78 is 47.5. The number of methoxy groups -OCH3 is 1. The maximum absolute atomic E-state index is 15.2. The number of hydrogen-bond acceptors (Lipinski definition) is 7. The fourth-order valence-electron chi connectivity index (χ4n) is 5.28. The van der Waals surface area contributed by atoms with Gasteiger partial charge in [-0.3, -0.25) is 14.6 Å². The van der Waals surface area contributed by atoms with Gasteiger partial charge >= 0.3 is 0 Å². The first-order valence-corrected chi connectivity index (χ1v) is 13.4. The van der Waals surface area contributed by atoms with Gasteiger partial charge in [0.05, 0.1) is 37.7 Å². The highest BCUT2D eigenvalue weighted by Gasteiger charge is 2.28. The molecule has 1 N–H and O–H groups in total. The minimum absolute atomic E-state index is 0.0580. The number of benzene rings is 2. The molecule has 0 saturated carbocycles. The average Bonchev–Trinajstić information content (AvgIpc) is 2.99. The van der Waals surface area contributed by atoms with Gasteiger partial charge in [0.1, 0.15) is 22.6 Å². The van der Waals surface area contributed by atoms with Crippen LogP contribution in [-0.4, -0.2) is 34.2 Å². The third-order valence-corrected chi connectivity index (χ3v) is 7.38. The number of nitrogens with zero attached hydrogens (tertiary/aromatic N) is 3. The van der Waals surface area contributed by atoms with Crippen LogP contribution < -0.4 is 20.2 Å². The molecule has 6 rings (SSSR count). The van der Waals surface area contributed by atoms with E-state index in [1.165, 1.54) is 49.8 Å². The van der Waals surface area contributed by atoms with Crippen LogP contribution in [0.1, 0.15) is 27.3 Å². The van der Waals surface area contributed by atoms with E-state index in [1.54, 1.807) is 26.0 Å². The number of pyridine rings is 3. The van der Waals surface area contributed by atoms with E-state index < -0.39 is 23.0 Å². The van der Waals surface area contributed by atoms with Gasteiger partial charge in [-0.2, -0.15) is 0 Å². The molecule has 1 amide bonds. The van der Waals surface area contributed by atoms with Crippen molar-refractivity contribution in [2.45, 2.75) is 27.0 Å². The fraction of sp³-hybridized carbons (Fsp3) is 0.188. The molecule has 0 saturated heterocycles. The van der Waals surface area contributed by atoms with E-state index in [2.05, 4.69) is 15.3 Å². The molecule has 9 nitrogen and oxygen atoms in total. The largest absolute Gasteiger partial charge is 0.495 e. The number of halogens is 2. The first-order valence-electron chi connectivity index (χ1n) is 13.4. The standard InChI is InChI=1S/C32H26F2N4O5/c1-17-12-19(33)4-6-22(17)28-18(2)38-10-11-42-16-25(38)29(31(28)39)32(40)37-20-5-7-26(23(34)13-20)43-27-8-9-35-24-14-21(41-3)15-36-30(24)27/h4-9,12-15H,10-11,16H2,1-3H3,(H,37,40). The van der Waals surface area contributed by atoms with Crippen molar-refractivity contribution in [3.63, 3.8) is 0 Å². The van der Waals surface area contributed by atoms with Gasteiger partial charge in [0, 0.05) is 47.9 Å². The molecule has 0 spiro atoms. The van der Waals surface area contributed by atoms with Crippen LogP contribution in [0, 0.1) is 25.5 Å². The van der Waals surface area contributed by atoms with E-state index in [4.69, 9.17) is 14.2 Å². The Labute approximate surface area is 244 Å². The molecule has 218 valence electrons. The molecule has 0 aliphatic carbocycles. The zero-order valence-corrected chi connectivity index (χ0v) is 23.5. The number of aryl methyl sites for hydroxylation is 1. The van der Waals surface area contributed by atoms with Crippen LogP contribution >= 0.6 is 0 Å². The van der Waals surface area contributed by atoms with E-state index in [0.29, 0.717) is 58.0 Å². The number of nitrogens with one attached hydrogen (secondary N) is 1. The van der Waals surface area contributed by atoms with Gasteiger partial charge in [-0.15, -0.1) is 0 Å². The fourth-order valence-corrected chi connectivity index (χ4v) is 5.28. The average molecular weight is 585 g/mol. The van der Waals surface area contributed by atoms with Crippen molar-refractivity contribution in [1.82, 2.24) is 14.5 Å². The summed E-state index contributed by atoms with van der Waals surface area (Å²) in [5, 5.41) is 2.65. The molecule has 3 aromatic heterocycles. The molecule has 1 aliphatic rings. The second kappa shape index (κ2) is 11.3. The number of carbonyl (C=O) groups excluding carboxylic acids is 1. The van der Waals surface area contributed by atoms with Crippen molar-refractivity contribution in [1.29, 1.82) is 0 Å². The molecule has 4 heterocycles. The summed E-state index contributed by atoms with van der Waals surface area (Å²) >= 11 is 0. The smallest absolute Gasteiger partial charge is 0.261 e. The van der Waals surface area contributed by atoms with Gasteiger partial charge in [-0.1, -0.05) is 6.07 Å². The predicted octanol–water partition coefficient (Wildman–Crippen LogP) is 5.94. The zero-order valence-electron chi connectivity index (χ0n) is 23.5. The summed E-state index contributed by atoms with van der Waals surface area (Å²) in [5.41, 5.74) is 2.88. The number of hydrogen-bond donors (Lipinski definition) is 1. The summed E-state index contributed by atoms with van der Waals surface area (Å²) in [6.45, 7) is 4.39. The Kier molecular flexibility index (Phi) is 7.32. The number of aromatic nitrogens is 3.